The van der Waals surface area contributed by atoms with E-state index in [1.165, 1.54) is 18.5 Å². The number of likely N-dealkylation sites (tertiary alicyclic amines) is 1. The van der Waals surface area contributed by atoms with Gasteiger partial charge in [-0.2, -0.15) is 0 Å². The average Bonchev–Trinajstić information content (AvgIpc) is 3.53. The molecule has 1 aromatic carbocycles. The van der Waals surface area contributed by atoms with Crippen LogP contribution in [0.4, 0.5) is 8.78 Å². The molecule has 4 rings (SSSR count). The molecule has 1 fully saturated rings. The number of imidazole rings is 1. The summed E-state index contributed by atoms with van der Waals surface area (Å²) in [6.07, 6.45) is 5.44. The lowest BCUT2D eigenvalue weighted by Gasteiger charge is -2.34. The monoisotopic (exact) mass is 530 g/mol. The summed E-state index contributed by atoms with van der Waals surface area (Å²) in [5, 5.41) is 3.14. The number of nitrogens with zero attached hydrogens (tertiary/aromatic N) is 3. The number of carbonyl (C=O) groups is 3. The topological polar surface area (TPSA) is 134 Å². The third-order valence-electron chi connectivity index (χ3n) is 6.47. The maximum atomic E-state index is 14.2. The van der Waals surface area contributed by atoms with Crippen molar-refractivity contribution >= 4 is 29.1 Å². The van der Waals surface area contributed by atoms with Gasteiger partial charge in [0.05, 0.1) is 30.0 Å². The Labute approximate surface area is 216 Å². The number of hydrogen-bond acceptors (Lipinski definition) is 6. The quantitative estimate of drug-likeness (QED) is 0.409. The Morgan fingerprint density at radius 1 is 1.24 bits per heavy atom. The Morgan fingerprint density at radius 2 is 2.03 bits per heavy atom. The Balaban J connectivity index is 1.53. The van der Waals surface area contributed by atoms with Crippen molar-refractivity contribution < 1.29 is 23.2 Å². The van der Waals surface area contributed by atoms with Crippen LogP contribution >= 0.6 is 11.3 Å². The summed E-state index contributed by atoms with van der Waals surface area (Å²) in [6, 6.07) is 2.66. The standard InChI is InChI=1S/C25H28F2N6O3S/c1-13-5-3-4-8-33(13)21(34)10-17(25-30-12-20(37-25)22(28)35)24(36)31-14(2)23-29-11-19(32-23)16-7-6-15(26)9-18(16)27/h6-7,9,11-14,17H,3-5,8,10H2,1-2H3,(H2,28,35)(H,29,32)(H,31,36)/t13-,14-,17-/m0/s1. The van der Waals surface area contributed by atoms with Crippen LogP contribution in [-0.2, 0) is 9.59 Å². The molecule has 4 N–H and O–H groups in total. The molecule has 0 spiro atoms. The summed E-state index contributed by atoms with van der Waals surface area (Å²) in [7, 11) is 0. The summed E-state index contributed by atoms with van der Waals surface area (Å²) < 4.78 is 27.4. The number of primary amides is 1. The van der Waals surface area contributed by atoms with Crippen molar-refractivity contribution in [2.24, 2.45) is 5.73 Å². The van der Waals surface area contributed by atoms with Crippen LogP contribution in [0, 0.1) is 11.6 Å². The van der Waals surface area contributed by atoms with Crippen molar-refractivity contribution in [1.29, 1.82) is 0 Å². The number of nitrogens with one attached hydrogen (secondary N) is 2. The van der Waals surface area contributed by atoms with Gasteiger partial charge in [-0.15, -0.1) is 11.3 Å². The van der Waals surface area contributed by atoms with Gasteiger partial charge >= 0.3 is 0 Å². The van der Waals surface area contributed by atoms with Crippen LogP contribution in [-0.4, -0.2) is 50.2 Å². The first-order valence-corrected chi connectivity index (χ1v) is 12.8. The third kappa shape index (κ3) is 6.01. The lowest BCUT2D eigenvalue weighted by Crippen LogP contribution is -2.43. The van der Waals surface area contributed by atoms with Gasteiger partial charge in [0.15, 0.2) is 0 Å². The Bertz CT molecular complexity index is 1310. The number of hydrogen-bond donors (Lipinski definition) is 3. The molecule has 0 saturated carbocycles. The van der Waals surface area contributed by atoms with Gasteiger partial charge in [-0.05, 0) is 45.2 Å². The highest BCUT2D eigenvalue weighted by molar-refractivity contribution is 7.13. The van der Waals surface area contributed by atoms with Crippen molar-refractivity contribution in [3.63, 3.8) is 0 Å². The van der Waals surface area contributed by atoms with Gasteiger partial charge in [-0.1, -0.05) is 0 Å². The number of nitrogens with two attached hydrogens (primary N) is 1. The zero-order chi connectivity index (χ0) is 26.7. The van der Waals surface area contributed by atoms with E-state index in [4.69, 9.17) is 5.73 Å². The van der Waals surface area contributed by atoms with Crippen LogP contribution in [0.25, 0.3) is 11.3 Å². The Kier molecular flexibility index (Phi) is 7.96. The zero-order valence-electron chi connectivity index (χ0n) is 20.5. The number of amides is 3. The van der Waals surface area contributed by atoms with E-state index in [0.29, 0.717) is 23.1 Å². The summed E-state index contributed by atoms with van der Waals surface area (Å²) in [6.45, 7) is 4.30. The molecule has 3 heterocycles. The van der Waals surface area contributed by atoms with Crippen LogP contribution in [0.3, 0.4) is 0 Å². The van der Waals surface area contributed by atoms with Gasteiger partial charge in [0.1, 0.15) is 27.3 Å². The minimum absolute atomic E-state index is 0.0785. The summed E-state index contributed by atoms with van der Waals surface area (Å²) in [4.78, 5) is 51.5. The van der Waals surface area contributed by atoms with Gasteiger partial charge in [0, 0.05) is 30.6 Å². The van der Waals surface area contributed by atoms with Crippen LogP contribution < -0.4 is 11.1 Å². The van der Waals surface area contributed by atoms with Crippen LogP contribution in [0.2, 0.25) is 0 Å². The van der Waals surface area contributed by atoms with Crippen molar-refractivity contribution in [3.05, 3.63) is 57.9 Å². The number of aromatic amines is 1. The molecular weight excluding hydrogens is 502 g/mol. The van der Waals surface area contributed by atoms with E-state index in [0.717, 1.165) is 42.7 Å². The Morgan fingerprint density at radius 3 is 2.70 bits per heavy atom. The maximum Gasteiger partial charge on any atom is 0.260 e. The Hall–Kier alpha value is -3.67. The second-order valence-corrected chi connectivity index (χ2v) is 10.2. The van der Waals surface area contributed by atoms with Gasteiger partial charge in [0.2, 0.25) is 11.8 Å². The minimum Gasteiger partial charge on any atom is -0.365 e. The molecule has 0 radical (unpaired) electrons. The van der Waals surface area contributed by atoms with E-state index in [1.807, 2.05) is 6.92 Å². The molecule has 1 aliphatic rings. The number of rotatable bonds is 8. The zero-order valence-corrected chi connectivity index (χ0v) is 21.3. The molecule has 1 aliphatic heterocycles. The maximum absolute atomic E-state index is 14.2. The number of halogens is 2. The van der Waals surface area contributed by atoms with Crippen LogP contribution in [0.5, 0.6) is 0 Å². The van der Waals surface area contributed by atoms with Crippen molar-refractivity contribution in [1.82, 2.24) is 25.2 Å². The van der Waals surface area contributed by atoms with E-state index >= 15 is 0 Å². The fourth-order valence-corrected chi connectivity index (χ4v) is 5.27. The van der Waals surface area contributed by atoms with E-state index < -0.39 is 35.4 Å². The summed E-state index contributed by atoms with van der Waals surface area (Å²) in [5.74, 6) is -3.33. The fourth-order valence-electron chi connectivity index (χ4n) is 4.40. The van der Waals surface area contributed by atoms with Gasteiger partial charge in [-0.3, -0.25) is 14.4 Å². The SMILES string of the molecule is C[C@H](NC(=O)[C@H](CC(=O)N1CCCC[C@@H]1C)c1ncc(C(N)=O)s1)c1ncc(-c2ccc(F)cc2F)[nH]1. The smallest absolute Gasteiger partial charge is 0.260 e. The van der Waals surface area contributed by atoms with E-state index in [9.17, 15) is 23.2 Å². The normalized spacial score (nSPS) is 17.3. The molecular formula is C25H28F2N6O3S. The average molecular weight is 531 g/mol. The molecule has 9 nitrogen and oxygen atoms in total. The molecule has 12 heteroatoms. The number of thiazole rings is 1. The first-order chi connectivity index (χ1) is 17.6. The molecule has 2 aromatic heterocycles. The van der Waals surface area contributed by atoms with Gasteiger partial charge < -0.3 is 20.9 Å². The fraction of sp³-hybridized carbons (Fsp3) is 0.400. The molecule has 196 valence electrons. The molecule has 0 aliphatic carbocycles. The lowest BCUT2D eigenvalue weighted by atomic mass is 9.99. The number of piperidine rings is 1. The molecule has 0 unspecified atom stereocenters. The summed E-state index contributed by atoms with van der Waals surface area (Å²) >= 11 is 0.981. The molecule has 0 bridgehead atoms. The number of aromatic nitrogens is 3. The molecule has 3 aromatic rings. The van der Waals surface area contributed by atoms with Crippen LogP contribution in [0.1, 0.15) is 72.0 Å². The summed E-state index contributed by atoms with van der Waals surface area (Å²) in [5.41, 5.74) is 5.82. The van der Waals surface area contributed by atoms with Crippen molar-refractivity contribution in [3.8, 4) is 11.3 Å². The molecule has 1 saturated heterocycles. The molecule has 37 heavy (non-hydrogen) atoms. The highest BCUT2D eigenvalue weighted by atomic mass is 32.1. The largest absolute Gasteiger partial charge is 0.365 e. The highest BCUT2D eigenvalue weighted by Gasteiger charge is 2.32. The second-order valence-electron chi connectivity index (χ2n) is 9.15. The number of benzene rings is 1. The predicted octanol–water partition coefficient (Wildman–Crippen LogP) is 3.66. The lowest BCUT2D eigenvalue weighted by molar-refractivity contribution is -0.137. The van der Waals surface area contributed by atoms with E-state index in [1.54, 1.807) is 11.8 Å². The van der Waals surface area contributed by atoms with Crippen molar-refractivity contribution in [2.45, 2.75) is 57.5 Å². The third-order valence-corrected chi connectivity index (χ3v) is 7.59. The first-order valence-electron chi connectivity index (χ1n) is 12.0. The van der Waals surface area contributed by atoms with Crippen molar-refractivity contribution in [2.75, 3.05) is 6.54 Å². The van der Waals surface area contributed by atoms with Gasteiger partial charge in [0.25, 0.3) is 5.91 Å². The second kappa shape index (κ2) is 11.2. The highest BCUT2D eigenvalue weighted by Crippen LogP contribution is 2.29. The van der Waals surface area contributed by atoms with Gasteiger partial charge in [-0.25, -0.2) is 18.7 Å². The molecule has 3 atom stereocenters. The van der Waals surface area contributed by atoms with E-state index in [-0.39, 0.29) is 28.8 Å². The first kappa shape index (κ1) is 26.4. The number of H-pyrrole nitrogens is 1. The van der Waals surface area contributed by atoms with Crippen LogP contribution in [0.15, 0.2) is 30.6 Å². The number of carbonyl (C=O) groups excluding carboxylic acids is 3. The predicted molar refractivity (Wildman–Crippen MR) is 134 cm³/mol. The molecule has 3 amide bonds. The van der Waals surface area contributed by atoms with E-state index in [2.05, 4.69) is 20.3 Å². The minimum atomic E-state index is -0.939.